The number of benzene rings is 2. The van der Waals surface area contributed by atoms with Crippen LogP contribution in [0.5, 0.6) is 23.0 Å². The van der Waals surface area contributed by atoms with Crippen molar-refractivity contribution in [2.75, 3.05) is 27.1 Å². The predicted octanol–water partition coefficient (Wildman–Crippen LogP) is 1.97. The monoisotopic (exact) mass is 443 g/mol. The van der Waals surface area contributed by atoms with Crippen molar-refractivity contribution in [3.8, 4) is 35.3 Å². The molecular weight excluding hydrogens is 426 g/mol. The van der Waals surface area contributed by atoms with E-state index in [9.17, 15) is 9.59 Å². The highest BCUT2D eigenvalue weighted by Crippen LogP contribution is 2.36. The number of hydrogen-bond donors (Lipinski definition) is 2. The van der Waals surface area contributed by atoms with Gasteiger partial charge in [0, 0.05) is 5.56 Å². The Morgan fingerprint density at radius 1 is 1.29 bits per heavy atom. The van der Waals surface area contributed by atoms with Gasteiger partial charge in [0.25, 0.3) is 11.8 Å². The van der Waals surface area contributed by atoms with Crippen LogP contribution in [0.4, 0.5) is 0 Å². The molecule has 0 spiro atoms. The van der Waals surface area contributed by atoms with Crippen molar-refractivity contribution in [3.63, 3.8) is 0 Å². The number of nitrogens with zero attached hydrogens (tertiary/aromatic N) is 1. The summed E-state index contributed by atoms with van der Waals surface area (Å²) < 4.78 is 21.0. The van der Waals surface area contributed by atoms with E-state index in [0.29, 0.717) is 34.1 Å². The minimum atomic E-state index is -0.516. The third kappa shape index (κ3) is 5.58. The van der Waals surface area contributed by atoms with E-state index in [2.05, 4.69) is 21.8 Å². The van der Waals surface area contributed by atoms with Crippen LogP contribution in [0.3, 0.4) is 0 Å². The molecule has 1 aliphatic rings. The molecule has 1 aliphatic heterocycles. The van der Waals surface area contributed by atoms with E-state index in [0.717, 1.165) is 0 Å². The zero-order valence-corrected chi connectivity index (χ0v) is 17.2. The van der Waals surface area contributed by atoms with Gasteiger partial charge in [-0.2, -0.15) is 5.10 Å². The summed E-state index contributed by atoms with van der Waals surface area (Å²) in [4.78, 5) is 24.1. The first-order valence-corrected chi connectivity index (χ1v) is 9.33. The molecule has 0 aliphatic carbocycles. The van der Waals surface area contributed by atoms with Gasteiger partial charge in [-0.05, 0) is 35.9 Å². The molecule has 3 rings (SSSR count). The molecule has 0 saturated heterocycles. The highest BCUT2D eigenvalue weighted by Gasteiger charge is 2.16. The van der Waals surface area contributed by atoms with Gasteiger partial charge in [0.2, 0.25) is 6.79 Å². The van der Waals surface area contributed by atoms with Gasteiger partial charge in [0.05, 0.1) is 24.9 Å². The van der Waals surface area contributed by atoms with Crippen molar-refractivity contribution >= 4 is 29.6 Å². The summed E-state index contributed by atoms with van der Waals surface area (Å²) in [5.41, 5.74) is 3.21. The molecule has 160 valence electrons. The van der Waals surface area contributed by atoms with Crippen LogP contribution in [-0.4, -0.2) is 45.1 Å². The molecule has 0 aromatic heterocycles. The Bertz CT molecular complexity index is 1060. The number of carbonyl (C=O) groups excluding carboxylic acids is 2. The van der Waals surface area contributed by atoms with E-state index < -0.39 is 11.8 Å². The van der Waals surface area contributed by atoms with Crippen molar-refractivity contribution in [2.24, 2.45) is 5.10 Å². The number of hydrazone groups is 1. The van der Waals surface area contributed by atoms with Crippen molar-refractivity contribution in [1.29, 1.82) is 0 Å². The molecule has 0 radical (unpaired) electrons. The second-order valence-electron chi connectivity index (χ2n) is 6.07. The Morgan fingerprint density at radius 2 is 2.10 bits per heavy atom. The van der Waals surface area contributed by atoms with Crippen LogP contribution in [0, 0.1) is 12.3 Å². The van der Waals surface area contributed by atoms with Crippen molar-refractivity contribution in [2.45, 2.75) is 0 Å². The van der Waals surface area contributed by atoms with E-state index in [1.165, 1.54) is 13.3 Å². The number of methoxy groups -OCH3 is 1. The first-order valence-electron chi connectivity index (χ1n) is 8.95. The van der Waals surface area contributed by atoms with Gasteiger partial charge in [0.15, 0.2) is 23.0 Å². The molecular formula is C21H18ClN3O6. The summed E-state index contributed by atoms with van der Waals surface area (Å²) >= 11 is 6.18. The van der Waals surface area contributed by atoms with Gasteiger partial charge in [-0.3, -0.25) is 9.59 Å². The molecule has 2 amide bonds. The number of hydrogen-bond acceptors (Lipinski definition) is 7. The lowest BCUT2D eigenvalue weighted by molar-refractivity contribution is -0.120. The highest BCUT2D eigenvalue weighted by atomic mass is 35.5. The van der Waals surface area contributed by atoms with Crippen LogP contribution in [0.2, 0.25) is 5.02 Å². The molecule has 2 aromatic carbocycles. The van der Waals surface area contributed by atoms with Crippen molar-refractivity contribution < 1.29 is 28.5 Å². The molecule has 0 saturated carbocycles. The van der Waals surface area contributed by atoms with Crippen LogP contribution in [0.1, 0.15) is 15.9 Å². The molecule has 2 aromatic rings. The lowest BCUT2D eigenvalue weighted by Crippen LogP contribution is -2.34. The number of nitrogens with one attached hydrogen (secondary N) is 2. The highest BCUT2D eigenvalue weighted by molar-refractivity contribution is 6.32. The maximum Gasteiger partial charge on any atom is 0.259 e. The number of terminal acetylenes is 1. The molecule has 31 heavy (non-hydrogen) atoms. The summed E-state index contributed by atoms with van der Waals surface area (Å²) in [6, 6.07) is 7.94. The summed E-state index contributed by atoms with van der Waals surface area (Å²) in [5.74, 6) is 3.12. The van der Waals surface area contributed by atoms with Crippen LogP contribution in [0.15, 0.2) is 35.4 Å². The zero-order chi connectivity index (χ0) is 22.2. The molecule has 0 atom stereocenters. The van der Waals surface area contributed by atoms with Gasteiger partial charge < -0.3 is 24.3 Å². The molecule has 10 heteroatoms. The Hall–Kier alpha value is -3.90. The van der Waals surface area contributed by atoms with Gasteiger partial charge >= 0.3 is 0 Å². The number of rotatable bonds is 8. The first-order chi connectivity index (χ1) is 15.0. The van der Waals surface area contributed by atoms with Gasteiger partial charge in [-0.25, -0.2) is 5.43 Å². The first kappa shape index (κ1) is 21.8. The van der Waals surface area contributed by atoms with Crippen LogP contribution < -0.4 is 29.7 Å². The number of fused-ring (bicyclic) bond motifs is 1. The average molecular weight is 444 g/mol. The Morgan fingerprint density at radius 3 is 2.87 bits per heavy atom. The molecule has 0 fully saturated rings. The van der Waals surface area contributed by atoms with E-state index in [1.807, 2.05) is 0 Å². The molecule has 0 unspecified atom stereocenters. The van der Waals surface area contributed by atoms with Gasteiger partial charge in [-0.1, -0.05) is 17.5 Å². The topological polar surface area (TPSA) is 107 Å². The van der Waals surface area contributed by atoms with E-state index in [4.69, 9.17) is 37.0 Å². The minimum Gasteiger partial charge on any atom is -0.493 e. The maximum absolute atomic E-state index is 12.2. The van der Waals surface area contributed by atoms with E-state index in [1.54, 1.807) is 30.3 Å². The zero-order valence-electron chi connectivity index (χ0n) is 16.4. The Labute approximate surface area is 183 Å². The third-order valence-electron chi connectivity index (χ3n) is 4.00. The fraction of sp³-hybridized carbons (Fsp3) is 0.190. The average Bonchev–Trinajstić information content (AvgIpc) is 3.24. The molecule has 0 bridgehead atoms. The normalized spacial score (nSPS) is 11.6. The number of halogens is 1. The fourth-order valence-corrected chi connectivity index (χ4v) is 2.86. The summed E-state index contributed by atoms with van der Waals surface area (Å²) in [7, 11) is 1.46. The second-order valence-corrected chi connectivity index (χ2v) is 6.48. The number of carbonyl (C=O) groups is 2. The third-order valence-corrected chi connectivity index (χ3v) is 4.28. The summed E-state index contributed by atoms with van der Waals surface area (Å²) in [6.45, 7) is -0.121. The molecule has 9 nitrogen and oxygen atoms in total. The van der Waals surface area contributed by atoms with Crippen LogP contribution in [0.25, 0.3) is 0 Å². The maximum atomic E-state index is 12.2. The lowest BCUT2D eigenvalue weighted by Gasteiger charge is -2.11. The largest absolute Gasteiger partial charge is 0.493 e. The van der Waals surface area contributed by atoms with Crippen LogP contribution in [-0.2, 0) is 4.79 Å². The second kappa shape index (κ2) is 10.2. The van der Waals surface area contributed by atoms with E-state index in [-0.39, 0.29) is 25.0 Å². The minimum absolute atomic E-state index is 0.0392. The fourth-order valence-electron chi connectivity index (χ4n) is 2.59. The quantitative estimate of drug-likeness (QED) is 0.367. The summed E-state index contributed by atoms with van der Waals surface area (Å²) in [6.07, 6.45) is 6.55. The van der Waals surface area contributed by atoms with Gasteiger partial charge in [-0.15, -0.1) is 6.42 Å². The van der Waals surface area contributed by atoms with Crippen molar-refractivity contribution in [1.82, 2.24) is 10.7 Å². The standard InChI is InChI=1S/C21H18ClN3O6/c1-3-6-29-20-15(22)7-13(8-18(20)28-2)10-24-25-19(26)11-23-21(27)14-4-5-16-17(9-14)31-12-30-16/h1,4-5,7-10H,6,11-12H2,2H3,(H,23,27)(H,25,26). The number of amides is 2. The molecule has 1 heterocycles. The van der Waals surface area contributed by atoms with E-state index >= 15 is 0 Å². The Balaban J connectivity index is 1.53. The lowest BCUT2D eigenvalue weighted by atomic mass is 10.2. The predicted molar refractivity (Wildman–Crippen MR) is 113 cm³/mol. The molecule has 2 N–H and O–H groups in total. The Kier molecular flexibility index (Phi) is 7.19. The van der Waals surface area contributed by atoms with Crippen molar-refractivity contribution in [3.05, 3.63) is 46.5 Å². The van der Waals surface area contributed by atoms with Gasteiger partial charge in [0.1, 0.15) is 6.61 Å². The summed E-state index contributed by atoms with van der Waals surface area (Å²) in [5, 5.41) is 6.62. The SMILES string of the molecule is C#CCOc1c(Cl)cc(C=NNC(=O)CNC(=O)c2ccc3c(c2)OCO3)cc1OC. The van der Waals surface area contributed by atoms with Crippen LogP contribution >= 0.6 is 11.6 Å². The number of ether oxygens (including phenoxy) is 4. The smallest absolute Gasteiger partial charge is 0.259 e.